The van der Waals surface area contributed by atoms with Crippen molar-refractivity contribution in [2.75, 3.05) is 5.75 Å². The van der Waals surface area contributed by atoms with Crippen molar-refractivity contribution < 1.29 is 9.90 Å². The molecule has 0 atom stereocenters. The quantitative estimate of drug-likeness (QED) is 0.645. The van der Waals surface area contributed by atoms with Crippen LogP contribution in [0.1, 0.15) is 25.3 Å². The van der Waals surface area contributed by atoms with Gasteiger partial charge in [0.05, 0.1) is 0 Å². The van der Waals surface area contributed by atoms with Crippen LogP contribution in [0.4, 0.5) is 0 Å². The first-order valence-corrected chi connectivity index (χ1v) is 6.58. The van der Waals surface area contributed by atoms with Gasteiger partial charge in [0.15, 0.2) is 0 Å². The van der Waals surface area contributed by atoms with Crippen LogP contribution in [0.25, 0.3) is 0 Å². The van der Waals surface area contributed by atoms with Gasteiger partial charge >= 0.3 is 0 Å². The topological polar surface area (TPSA) is 37.3 Å². The average Bonchev–Trinajstić information content (AvgIpc) is 3.12. The Morgan fingerprint density at radius 3 is 2.38 bits per heavy atom. The minimum Gasteiger partial charge on any atom is -0.483 e. The van der Waals surface area contributed by atoms with Crippen molar-refractivity contribution in [1.29, 1.82) is 0 Å². The van der Waals surface area contributed by atoms with E-state index in [9.17, 15) is 0 Å². The van der Waals surface area contributed by atoms with Crippen LogP contribution in [0.2, 0.25) is 0 Å². The van der Waals surface area contributed by atoms with Gasteiger partial charge in [0.2, 0.25) is 0 Å². The second-order valence-corrected chi connectivity index (χ2v) is 4.95. The Morgan fingerprint density at radius 2 is 1.94 bits per heavy atom. The number of hydrogen-bond acceptors (Lipinski definition) is 2. The van der Waals surface area contributed by atoms with Crippen molar-refractivity contribution in [2.24, 2.45) is 5.92 Å². The smallest absolute Gasteiger partial charge is 0.290 e. The van der Waals surface area contributed by atoms with Crippen LogP contribution in [-0.4, -0.2) is 17.3 Å². The molecular formula is C13H18O2S. The fourth-order valence-corrected chi connectivity index (χ4v) is 2.41. The first-order valence-electron chi connectivity index (χ1n) is 5.59. The maximum atomic E-state index is 8.36. The molecule has 1 aliphatic carbocycles. The minimum absolute atomic E-state index is 0.250. The molecule has 1 aromatic carbocycles. The van der Waals surface area contributed by atoms with Crippen molar-refractivity contribution in [2.45, 2.75) is 31.1 Å². The van der Waals surface area contributed by atoms with E-state index < -0.39 is 0 Å². The highest BCUT2D eigenvalue weighted by atomic mass is 32.2. The van der Waals surface area contributed by atoms with E-state index in [1.807, 2.05) is 11.8 Å². The number of thioether (sulfide) groups is 1. The van der Waals surface area contributed by atoms with Gasteiger partial charge in [-0.05, 0) is 42.9 Å². The van der Waals surface area contributed by atoms with E-state index in [1.54, 1.807) is 0 Å². The van der Waals surface area contributed by atoms with E-state index in [1.165, 1.54) is 29.1 Å². The number of hydrogen-bond donors (Lipinski definition) is 1. The molecule has 1 aromatic rings. The lowest BCUT2D eigenvalue weighted by Crippen LogP contribution is -1.82. The molecule has 1 fully saturated rings. The lowest BCUT2D eigenvalue weighted by atomic mass is 10.2. The molecule has 16 heavy (non-hydrogen) atoms. The third-order valence-electron chi connectivity index (χ3n) is 2.51. The molecule has 0 unspecified atom stereocenters. The molecule has 0 amide bonds. The molecule has 0 radical (unpaired) electrons. The summed E-state index contributed by atoms with van der Waals surface area (Å²) in [5.74, 6) is 2.35. The second kappa shape index (κ2) is 7.34. The summed E-state index contributed by atoms with van der Waals surface area (Å²) >= 11 is 2.01. The van der Waals surface area contributed by atoms with Crippen molar-refractivity contribution in [3.05, 3.63) is 29.8 Å². The third-order valence-corrected chi connectivity index (χ3v) is 3.76. The van der Waals surface area contributed by atoms with Gasteiger partial charge in [0.25, 0.3) is 6.47 Å². The molecule has 1 N–H and O–H groups in total. The van der Waals surface area contributed by atoms with E-state index >= 15 is 0 Å². The summed E-state index contributed by atoms with van der Waals surface area (Å²) in [6.07, 6.45) is 4.06. The van der Waals surface area contributed by atoms with Crippen LogP contribution in [0.5, 0.6) is 0 Å². The summed E-state index contributed by atoms with van der Waals surface area (Å²) < 4.78 is 0. The van der Waals surface area contributed by atoms with Gasteiger partial charge in [-0.25, -0.2) is 0 Å². The first kappa shape index (κ1) is 13.1. The van der Waals surface area contributed by atoms with E-state index in [0.717, 1.165) is 12.3 Å². The van der Waals surface area contributed by atoms with E-state index in [-0.39, 0.29) is 6.47 Å². The normalized spacial score (nSPS) is 13.8. The molecule has 1 aliphatic rings. The number of rotatable bonds is 4. The minimum atomic E-state index is -0.250. The Kier molecular flexibility index (Phi) is 6.01. The lowest BCUT2D eigenvalue weighted by molar-refractivity contribution is -0.122. The van der Waals surface area contributed by atoms with Crippen molar-refractivity contribution >= 4 is 18.2 Å². The highest BCUT2D eigenvalue weighted by Gasteiger charge is 2.20. The molecule has 2 rings (SSSR count). The SMILES string of the molecule is CCc1ccc(SCC2CC2)cc1.O=CO. The Morgan fingerprint density at radius 1 is 1.38 bits per heavy atom. The summed E-state index contributed by atoms with van der Waals surface area (Å²) in [6.45, 7) is 1.95. The van der Waals surface area contributed by atoms with Crippen LogP contribution < -0.4 is 0 Å². The Bertz CT molecular complexity index is 304. The number of aryl methyl sites for hydroxylation is 1. The van der Waals surface area contributed by atoms with E-state index in [4.69, 9.17) is 9.90 Å². The van der Waals surface area contributed by atoms with Gasteiger partial charge in [-0.1, -0.05) is 19.1 Å². The average molecular weight is 238 g/mol. The van der Waals surface area contributed by atoms with Gasteiger partial charge < -0.3 is 5.11 Å². The third kappa shape index (κ3) is 5.21. The summed E-state index contributed by atoms with van der Waals surface area (Å²) in [6, 6.07) is 9.00. The van der Waals surface area contributed by atoms with Gasteiger partial charge in [-0.2, -0.15) is 0 Å². The number of benzene rings is 1. The number of carbonyl (C=O) groups is 1. The van der Waals surface area contributed by atoms with E-state index in [0.29, 0.717) is 0 Å². The Balaban J connectivity index is 0.000000386. The van der Waals surface area contributed by atoms with Gasteiger partial charge in [0.1, 0.15) is 0 Å². The summed E-state index contributed by atoms with van der Waals surface area (Å²) in [4.78, 5) is 9.80. The van der Waals surface area contributed by atoms with Crippen LogP contribution in [0.3, 0.4) is 0 Å². The molecule has 0 aromatic heterocycles. The fourth-order valence-electron chi connectivity index (χ4n) is 1.32. The molecule has 1 saturated carbocycles. The highest BCUT2D eigenvalue weighted by Crippen LogP contribution is 2.34. The van der Waals surface area contributed by atoms with Crippen LogP contribution >= 0.6 is 11.8 Å². The van der Waals surface area contributed by atoms with Crippen molar-refractivity contribution in [1.82, 2.24) is 0 Å². The zero-order valence-corrected chi connectivity index (χ0v) is 10.4. The second-order valence-electron chi connectivity index (χ2n) is 3.86. The van der Waals surface area contributed by atoms with E-state index in [2.05, 4.69) is 31.2 Å². The number of carboxylic acid groups (broad SMARTS) is 1. The van der Waals surface area contributed by atoms with Crippen LogP contribution in [0, 0.1) is 5.92 Å². The fraction of sp³-hybridized carbons (Fsp3) is 0.462. The van der Waals surface area contributed by atoms with Crippen LogP contribution in [0.15, 0.2) is 29.2 Å². The predicted molar refractivity (Wildman–Crippen MR) is 68.0 cm³/mol. The standard InChI is InChI=1S/C12H16S.CH2O2/c1-2-10-5-7-12(8-6-10)13-9-11-3-4-11;2-1-3/h5-8,11H,2-4,9H2,1H3;1H,(H,2,3). The predicted octanol–water partition coefficient (Wildman–Crippen LogP) is 3.45. The molecule has 88 valence electrons. The molecule has 0 saturated heterocycles. The first-order chi connectivity index (χ1) is 7.80. The summed E-state index contributed by atoms with van der Waals surface area (Å²) in [7, 11) is 0. The Labute approximate surface area is 101 Å². The van der Waals surface area contributed by atoms with Crippen molar-refractivity contribution in [3.8, 4) is 0 Å². The maximum absolute atomic E-state index is 8.36. The summed E-state index contributed by atoms with van der Waals surface area (Å²) in [5, 5.41) is 6.89. The largest absolute Gasteiger partial charge is 0.483 e. The molecule has 0 bridgehead atoms. The molecular weight excluding hydrogens is 220 g/mol. The molecule has 3 heteroatoms. The van der Waals surface area contributed by atoms with Gasteiger partial charge in [-0.3, -0.25) is 4.79 Å². The zero-order valence-electron chi connectivity index (χ0n) is 9.56. The van der Waals surface area contributed by atoms with Gasteiger partial charge in [0, 0.05) is 10.6 Å². The summed E-state index contributed by atoms with van der Waals surface area (Å²) in [5.41, 5.74) is 1.44. The molecule has 2 nitrogen and oxygen atoms in total. The van der Waals surface area contributed by atoms with Crippen LogP contribution in [-0.2, 0) is 11.2 Å². The molecule has 0 spiro atoms. The Hall–Kier alpha value is -0.960. The highest BCUT2D eigenvalue weighted by molar-refractivity contribution is 7.99. The lowest BCUT2D eigenvalue weighted by Gasteiger charge is -2.01. The van der Waals surface area contributed by atoms with Gasteiger partial charge in [-0.15, -0.1) is 11.8 Å². The monoisotopic (exact) mass is 238 g/mol. The van der Waals surface area contributed by atoms with Crippen molar-refractivity contribution in [3.63, 3.8) is 0 Å². The molecule has 0 heterocycles. The molecule has 0 aliphatic heterocycles. The maximum Gasteiger partial charge on any atom is 0.290 e. The zero-order chi connectivity index (χ0) is 11.8.